The van der Waals surface area contributed by atoms with Gasteiger partial charge in [0, 0.05) is 24.2 Å². The number of nitro groups is 1. The summed E-state index contributed by atoms with van der Waals surface area (Å²) in [4.78, 5) is 22.9. The standard InChI is InChI=1S/C17H14N2O4/c1-2-18-13-8-7-11(9-14(13)19(21)22)17-10-15(20)12-5-3-4-6-16(12)23-17/h3-10,18H,2H2,1H3. The zero-order chi connectivity index (χ0) is 16.4. The van der Waals surface area contributed by atoms with Gasteiger partial charge in [-0.1, -0.05) is 12.1 Å². The molecular formula is C17H14N2O4. The van der Waals surface area contributed by atoms with Gasteiger partial charge in [0.15, 0.2) is 5.43 Å². The number of nitrogens with one attached hydrogen (secondary N) is 1. The maximum Gasteiger partial charge on any atom is 0.293 e. The number of para-hydroxylation sites is 1. The van der Waals surface area contributed by atoms with E-state index in [9.17, 15) is 14.9 Å². The first-order chi connectivity index (χ1) is 11.1. The minimum absolute atomic E-state index is 0.0554. The Morgan fingerprint density at radius 3 is 2.70 bits per heavy atom. The quantitative estimate of drug-likeness (QED) is 0.585. The minimum atomic E-state index is -0.458. The SMILES string of the molecule is CCNc1ccc(-c2cc(=O)c3ccccc3o2)cc1[N+](=O)[O-]. The lowest BCUT2D eigenvalue weighted by molar-refractivity contribution is -0.383. The third-order valence-electron chi connectivity index (χ3n) is 3.48. The van der Waals surface area contributed by atoms with Gasteiger partial charge in [0.25, 0.3) is 5.69 Å². The summed E-state index contributed by atoms with van der Waals surface area (Å²) in [6.07, 6.45) is 0. The van der Waals surface area contributed by atoms with Gasteiger partial charge < -0.3 is 9.73 Å². The molecule has 3 rings (SSSR count). The molecule has 0 aliphatic rings. The lowest BCUT2D eigenvalue weighted by Gasteiger charge is -2.07. The van der Waals surface area contributed by atoms with Crippen LogP contribution in [0.4, 0.5) is 11.4 Å². The largest absolute Gasteiger partial charge is 0.456 e. The molecule has 116 valence electrons. The molecule has 0 fully saturated rings. The molecule has 1 aromatic heterocycles. The fourth-order valence-corrected chi connectivity index (χ4v) is 2.42. The first-order valence-corrected chi connectivity index (χ1v) is 7.15. The molecule has 6 heteroatoms. The van der Waals surface area contributed by atoms with Gasteiger partial charge in [0.2, 0.25) is 0 Å². The molecule has 0 amide bonds. The summed E-state index contributed by atoms with van der Waals surface area (Å²) in [5.41, 5.74) is 1.14. The van der Waals surface area contributed by atoms with Crippen molar-refractivity contribution in [3.05, 3.63) is 68.9 Å². The second-order valence-electron chi connectivity index (χ2n) is 4.99. The third kappa shape index (κ3) is 2.78. The maximum atomic E-state index is 12.2. The molecule has 0 saturated carbocycles. The van der Waals surface area contributed by atoms with Gasteiger partial charge in [-0.2, -0.15) is 0 Å². The van der Waals surface area contributed by atoms with Crippen molar-refractivity contribution in [2.75, 3.05) is 11.9 Å². The van der Waals surface area contributed by atoms with Gasteiger partial charge in [-0.3, -0.25) is 14.9 Å². The van der Waals surface area contributed by atoms with Gasteiger partial charge in [0.1, 0.15) is 17.0 Å². The fourth-order valence-electron chi connectivity index (χ4n) is 2.42. The highest BCUT2D eigenvalue weighted by Crippen LogP contribution is 2.31. The summed E-state index contributed by atoms with van der Waals surface area (Å²) in [6, 6.07) is 13.0. The Morgan fingerprint density at radius 2 is 1.96 bits per heavy atom. The number of hydrogen-bond donors (Lipinski definition) is 1. The van der Waals surface area contributed by atoms with E-state index in [-0.39, 0.29) is 11.1 Å². The molecule has 1 heterocycles. The smallest absolute Gasteiger partial charge is 0.293 e. The van der Waals surface area contributed by atoms with E-state index in [0.717, 1.165) is 0 Å². The Bertz CT molecular complexity index is 947. The second-order valence-corrected chi connectivity index (χ2v) is 4.99. The minimum Gasteiger partial charge on any atom is -0.456 e. The molecule has 0 atom stereocenters. The Morgan fingerprint density at radius 1 is 1.17 bits per heavy atom. The van der Waals surface area contributed by atoms with Gasteiger partial charge in [-0.25, -0.2) is 0 Å². The van der Waals surface area contributed by atoms with E-state index in [0.29, 0.717) is 34.5 Å². The molecule has 6 nitrogen and oxygen atoms in total. The van der Waals surface area contributed by atoms with Crippen LogP contribution in [0.15, 0.2) is 57.7 Å². The number of hydrogen-bond acceptors (Lipinski definition) is 5. The molecular weight excluding hydrogens is 296 g/mol. The summed E-state index contributed by atoms with van der Waals surface area (Å²) >= 11 is 0. The first-order valence-electron chi connectivity index (χ1n) is 7.15. The van der Waals surface area contributed by atoms with E-state index < -0.39 is 4.92 Å². The zero-order valence-electron chi connectivity index (χ0n) is 12.4. The van der Waals surface area contributed by atoms with Gasteiger partial charge >= 0.3 is 0 Å². The van der Waals surface area contributed by atoms with Crippen LogP contribution in [-0.2, 0) is 0 Å². The van der Waals surface area contributed by atoms with E-state index in [4.69, 9.17) is 4.42 Å². The Hall–Kier alpha value is -3.15. The Kier molecular flexibility index (Phi) is 3.80. The molecule has 0 spiro atoms. The number of benzene rings is 2. The Balaban J connectivity index is 2.17. The van der Waals surface area contributed by atoms with Gasteiger partial charge in [-0.15, -0.1) is 0 Å². The summed E-state index contributed by atoms with van der Waals surface area (Å²) in [5, 5.41) is 14.7. The monoisotopic (exact) mass is 310 g/mol. The summed E-state index contributed by atoms with van der Waals surface area (Å²) in [6.45, 7) is 2.44. The van der Waals surface area contributed by atoms with Crippen LogP contribution in [0.5, 0.6) is 0 Å². The van der Waals surface area contributed by atoms with Crippen molar-refractivity contribution in [1.82, 2.24) is 0 Å². The van der Waals surface area contributed by atoms with Crippen LogP contribution >= 0.6 is 0 Å². The maximum absolute atomic E-state index is 12.2. The highest BCUT2D eigenvalue weighted by molar-refractivity contribution is 5.79. The Labute approximate surface area is 131 Å². The summed E-state index contributed by atoms with van der Waals surface area (Å²) in [5.74, 6) is 0.305. The molecule has 3 aromatic rings. The van der Waals surface area contributed by atoms with Crippen LogP contribution in [0.3, 0.4) is 0 Å². The van der Waals surface area contributed by atoms with Crippen molar-refractivity contribution in [2.24, 2.45) is 0 Å². The summed E-state index contributed by atoms with van der Waals surface area (Å²) < 4.78 is 5.72. The van der Waals surface area contributed by atoms with Crippen LogP contribution in [0.25, 0.3) is 22.3 Å². The van der Waals surface area contributed by atoms with Gasteiger partial charge in [-0.05, 0) is 31.2 Å². The number of fused-ring (bicyclic) bond motifs is 1. The highest BCUT2D eigenvalue weighted by Gasteiger charge is 2.16. The molecule has 23 heavy (non-hydrogen) atoms. The molecule has 2 aromatic carbocycles. The molecule has 0 bridgehead atoms. The van der Waals surface area contributed by atoms with Crippen molar-refractivity contribution in [1.29, 1.82) is 0 Å². The van der Waals surface area contributed by atoms with Crippen LogP contribution < -0.4 is 10.7 Å². The number of nitro benzene ring substituents is 1. The van der Waals surface area contributed by atoms with E-state index in [1.165, 1.54) is 12.1 Å². The topological polar surface area (TPSA) is 85.4 Å². The van der Waals surface area contributed by atoms with Crippen LogP contribution in [0.2, 0.25) is 0 Å². The van der Waals surface area contributed by atoms with E-state index in [1.54, 1.807) is 36.4 Å². The average Bonchev–Trinajstić information content (AvgIpc) is 2.55. The highest BCUT2D eigenvalue weighted by atomic mass is 16.6. The number of rotatable bonds is 4. The molecule has 0 unspecified atom stereocenters. The lowest BCUT2D eigenvalue weighted by Crippen LogP contribution is -2.02. The predicted octanol–water partition coefficient (Wildman–Crippen LogP) is 3.80. The lowest BCUT2D eigenvalue weighted by atomic mass is 10.1. The second kappa shape index (κ2) is 5.92. The van der Waals surface area contributed by atoms with Crippen molar-refractivity contribution in [3.8, 4) is 11.3 Å². The first kappa shape index (κ1) is 14.8. The predicted molar refractivity (Wildman–Crippen MR) is 88.7 cm³/mol. The third-order valence-corrected chi connectivity index (χ3v) is 3.48. The normalized spacial score (nSPS) is 10.7. The van der Waals surface area contributed by atoms with Crippen molar-refractivity contribution < 1.29 is 9.34 Å². The fraction of sp³-hybridized carbons (Fsp3) is 0.118. The van der Waals surface area contributed by atoms with Crippen molar-refractivity contribution >= 4 is 22.3 Å². The van der Waals surface area contributed by atoms with Gasteiger partial charge in [0.05, 0.1) is 10.3 Å². The van der Waals surface area contributed by atoms with E-state index >= 15 is 0 Å². The zero-order valence-corrected chi connectivity index (χ0v) is 12.4. The van der Waals surface area contributed by atoms with Crippen LogP contribution in [0, 0.1) is 10.1 Å². The molecule has 0 aliphatic heterocycles. The van der Waals surface area contributed by atoms with E-state index in [2.05, 4.69) is 5.32 Å². The van der Waals surface area contributed by atoms with E-state index in [1.807, 2.05) is 6.92 Å². The van der Waals surface area contributed by atoms with Crippen molar-refractivity contribution in [2.45, 2.75) is 6.92 Å². The summed E-state index contributed by atoms with van der Waals surface area (Å²) in [7, 11) is 0. The number of anilines is 1. The molecule has 1 N–H and O–H groups in total. The van der Waals surface area contributed by atoms with Crippen LogP contribution in [0.1, 0.15) is 6.92 Å². The van der Waals surface area contributed by atoms with Crippen molar-refractivity contribution in [3.63, 3.8) is 0 Å². The van der Waals surface area contributed by atoms with Crippen LogP contribution in [-0.4, -0.2) is 11.5 Å². The number of nitrogens with zero attached hydrogens (tertiary/aromatic N) is 1. The average molecular weight is 310 g/mol. The molecule has 0 aliphatic carbocycles. The molecule has 0 radical (unpaired) electrons. The molecule has 0 saturated heterocycles.